The molecule has 2 aliphatic carbocycles. The van der Waals surface area contributed by atoms with Crippen LogP contribution in [0.2, 0.25) is 0 Å². The Balaban J connectivity index is 0.00000261. The van der Waals surface area contributed by atoms with Crippen molar-refractivity contribution in [3.63, 3.8) is 0 Å². The molecule has 1 aromatic heterocycles. The fourth-order valence-corrected chi connectivity index (χ4v) is 3.89. The Morgan fingerprint density at radius 2 is 1.62 bits per heavy atom. The van der Waals surface area contributed by atoms with E-state index in [0.29, 0.717) is 17.8 Å². The molecule has 2 amide bonds. The number of primary amides is 2. The van der Waals surface area contributed by atoms with Gasteiger partial charge in [0.05, 0.1) is 5.56 Å². The molecular weight excluding hydrogens is 332 g/mol. The third-order valence-corrected chi connectivity index (χ3v) is 5.46. The molecule has 0 aromatic carbocycles. The lowest BCUT2D eigenvalue weighted by Crippen LogP contribution is -2.33. The van der Waals surface area contributed by atoms with E-state index in [4.69, 9.17) is 11.5 Å². The van der Waals surface area contributed by atoms with Crippen LogP contribution in [-0.4, -0.2) is 33.9 Å². The number of nitrogens with zero attached hydrogens (tertiary/aromatic N) is 2. The lowest BCUT2D eigenvalue weighted by atomic mass is 9.85. The highest BCUT2D eigenvalue weighted by Gasteiger charge is 2.26. The van der Waals surface area contributed by atoms with E-state index in [1.54, 1.807) is 0 Å². The number of aromatic nitrogens is 2. The molecule has 6 N–H and O–H groups in total. The van der Waals surface area contributed by atoms with Gasteiger partial charge in [-0.15, -0.1) is 0 Å². The van der Waals surface area contributed by atoms with Crippen molar-refractivity contribution in [2.75, 3.05) is 10.6 Å². The van der Waals surface area contributed by atoms with E-state index >= 15 is 0 Å². The molecule has 26 heavy (non-hydrogen) atoms. The maximum absolute atomic E-state index is 11.7. The van der Waals surface area contributed by atoms with E-state index in [0.717, 1.165) is 38.5 Å². The predicted molar refractivity (Wildman–Crippen MR) is 102 cm³/mol. The molecule has 1 heterocycles. The fourth-order valence-electron chi connectivity index (χ4n) is 3.89. The maximum atomic E-state index is 11.7. The van der Waals surface area contributed by atoms with E-state index < -0.39 is 5.91 Å². The van der Waals surface area contributed by atoms with Crippen molar-refractivity contribution in [3.05, 3.63) is 11.8 Å². The molecule has 0 bridgehead atoms. The first kappa shape index (κ1) is 18.4. The van der Waals surface area contributed by atoms with Crippen LogP contribution in [0.25, 0.3) is 0 Å². The average molecular weight is 362 g/mol. The Hall–Kier alpha value is -2.38. The Morgan fingerprint density at radius 1 is 0.962 bits per heavy atom. The molecule has 0 atom stereocenters. The first-order valence-electron chi connectivity index (χ1n) is 9.52. The molecule has 1 aromatic rings. The largest absolute Gasteiger partial charge is 0.369 e. The zero-order valence-corrected chi connectivity index (χ0v) is 15.0. The third kappa shape index (κ3) is 4.62. The van der Waals surface area contributed by atoms with Crippen LogP contribution in [0, 0.1) is 5.92 Å². The summed E-state index contributed by atoms with van der Waals surface area (Å²) in [7, 11) is 0. The number of nitrogens with two attached hydrogens (primary N) is 2. The molecule has 3 rings (SSSR count). The smallest absolute Gasteiger partial charge is 0.254 e. The normalized spacial score (nSPS) is 24.0. The maximum Gasteiger partial charge on any atom is 0.254 e. The molecular formula is C18H30N6O2. The van der Waals surface area contributed by atoms with Crippen molar-refractivity contribution in [2.45, 2.75) is 69.9 Å². The van der Waals surface area contributed by atoms with Gasteiger partial charge in [-0.2, -0.15) is 4.98 Å². The molecule has 2 saturated carbocycles. The molecule has 0 aliphatic heterocycles. The van der Waals surface area contributed by atoms with Crippen LogP contribution in [0.4, 0.5) is 11.8 Å². The highest BCUT2D eigenvalue weighted by Crippen LogP contribution is 2.27. The van der Waals surface area contributed by atoms with Gasteiger partial charge in [0.2, 0.25) is 11.9 Å². The second-order valence-corrected chi connectivity index (χ2v) is 7.39. The Morgan fingerprint density at radius 3 is 2.23 bits per heavy atom. The average Bonchev–Trinajstić information content (AvgIpc) is 2.63. The van der Waals surface area contributed by atoms with E-state index in [2.05, 4.69) is 20.6 Å². The van der Waals surface area contributed by atoms with Gasteiger partial charge in [0.15, 0.2) is 0 Å². The standard InChI is InChI=1S/C18H28N6O2.H2/c19-15(25)11-6-8-13(9-7-11)22-17-14(16(20)26)10-21-18(24-17)23-12-4-2-1-3-5-12;/h10-13H,1-9H2,(H2,19,25)(H2,20,26)(H2,21,22,23,24);1H. The van der Waals surface area contributed by atoms with Gasteiger partial charge in [-0.1, -0.05) is 19.3 Å². The van der Waals surface area contributed by atoms with Crippen molar-refractivity contribution in [3.8, 4) is 0 Å². The second kappa shape index (κ2) is 8.33. The number of amides is 2. The SMILES string of the molecule is NC(=O)c1cnc(NC2CCCCC2)nc1NC1CCC(C(N)=O)CC1.[HH]. The van der Waals surface area contributed by atoms with E-state index in [-0.39, 0.29) is 24.9 Å². The molecule has 2 fully saturated rings. The topological polar surface area (TPSA) is 136 Å². The van der Waals surface area contributed by atoms with Crippen LogP contribution in [0.5, 0.6) is 0 Å². The van der Waals surface area contributed by atoms with Gasteiger partial charge in [0.25, 0.3) is 5.91 Å². The quantitative estimate of drug-likeness (QED) is 0.611. The van der Waals surface area contributed by atoms with Crippen LogP contribution >= 0.6 is 0 Å². The summed E-state index contributed by atoms with van der Waals surface area (Å²) < 4.78 is 0. The third-order valence-electron chi connectivity index (χ3n) is 5.46. The van der Waals surface area contributed by atoms with Crippen molar-refractivity contribution < 1.29 is 11.0 Å². The molecule has 2 aliphatic rings. The second-order valence-electron chi connectivity index (χ2n) is 7.39. The summed E-state index contributed by atoms with van der Waals surface area (Å²) in [4.78, 5) is 31.8. The highest BCUT2D eigenvalue weighted by molar-refractivity contribution is 5.97. The van der Waals surface area contributed by atoms with Gasteiger partial charge in [-0.25, -0.2) is 4.98 Å². The Labute approximate surface area is 155 Å². The lowest BCUT2D eigenvalue weighted by molar-refractivity contribution is -0.122. The monoisotopic (exact) mass is 362 g/mol. The van der Waals surface area contributed by atoms with Crippen LogP contribution in [0.15, 0.2) is 6.20 Å². The van der Waals surface area contributed by atoms with Gasteiger partial charge >= 0.3 is 0 Å². The number of rotatable bonds is 6. The van der Waals surface area contributed by atoms with E-state index in [1.807, 2.05) is 0 Å². The summed E-state index contributed by atoms with van der Waals surface area (Å²) >= 11 is 0. The number of hydrogen-bond acceptors (Lipinski definition) is 6. The van der Waals surface area contributed by atoms with Crippen LogP contribution in [0.3, 0.4) is 0 Å². The summed E-state index contributed by atoms with van der Waals surface area (Å²) in [5.74, 6) is 0.144. The predicted octanol–water partition coefficient (Wildman–Crippen LogP) is 2.02. The molecule has 144 valence electrons. The van der Waals surface area contributed by atoms with Crippen LogP contribution in [0.1, 0.15) is 69.6 Å². The molecule has 8 nitrogen and oxygen atoms in total. The van der Waals surface area contributed by atoms with Gasteiger partial charge in [0.1, 0.15) is 5.82 Å². The first-order valence-corrected chi connectivity index (χ1v) is 9.52. The van der Waals surface area contributed by atoms with E-state index in [9.17, 15) is 9.59 Å². The number of carbonyl (C=O) groups excluding carboxylic acids is 2. The van der Waals surface area contributed by atoms with Crippen LogP contribution in [-0.2, 0) is 4.79 Å². The fraction of sp³-hybridized carbons (Fsp3) is 0.667. The van der Waals surface area contributed by atoms with Crippen molar-refractivity contribution >= 4 is 23.6 Å². The summed E-state index contributed by atoms with van der Waals surface area (Å²) in [5, 5.41) is 6.69. The summed E-state index contributed by atoms with van der Waals surface area (Å²) in [6.45, 7) is 0. The molecule has 0 saturated heterocycles. The molecule has 8 heteroatoms. The van der Waals surface area contributed by atoms with Crippen molar-refractivity contribution in [2.24, 2.45) is 17.4 Å². The van der Waals surface area contributed by atoms with Crippen molar-refractivity contribution in [1.82, 2.24) is 9.97 Å². The van der Waals surface area contributed by atoms with Gasteiger partial charge in [-0.3, -0.25) is 9.59 Å². The summed E-state index contributed by atoms with van der Waals surface area (Å²) in [6, 6.07) is 0.517. The van der Waals surface area contributed by atoms with Gasteiger partial charge < -0.3 is 22.1 Å². The lowest BCUT2D eigenvalue weighted by Gasteiger charge is -2.28. The van der Waals surface area contributed by atoms with Gasteiger partial charge in [-0.05, 0) is 38.5 Å². The number of anilines is 2. The van der Waals surface area contributed by atoms with Crippen LogP contribution < -0.4 is 22.1 Å². The zero-order chi connectivity index (χ0) is 18.5. The summed E-state index contributed by atoms with van der Waals surface area (Å²) in [5.41, 5.74) is 11.2. The minimum absolute atomic E-state index is 0. The molecule has 0 spiro atoms. The minimum atomic E-state index is -0.553. The zero-order valence-electron chi connectivity index (χ0n) is 15.0. The number of nitrogens with one attached hydrogen (secondary N) is 2. The number of hydrogen-bond donors (Lipinski definition) is 4. The highest BCUT2D eigenvalue weighted by atomic mass is 16.1. The first-order chi connectivity index (χ1) is 12.5. The summed E-state index contributed by atoms with van der Waals surface area (Å²) in [6.07, 6.45) is 10.5. The number of carbonyl (C=O) groups is 2. The Bertz CT molecular complexity index is 657. The van der Waals surface area contributed by atoms with Crippen molar-refractivity contribution in [1.29, 1.82) is 0 Å². The molecule has 0 unspecified atom stereocenters. The molecule has 0 radical (unpaired) electrons. The van der Waals surface area contributed by atoms with Gasteiger partial charge in [0, 0.05) is 25.6 Å². The van der Waals surface area contributed by atoms with E-state index in [1.165, 1.54) is 25.5 Å². The minimum Gasteiger partial charge on any atom is -0.369 e. The Kier molecular flexibility index (Phi) is 5.90.